The normalized spacial score (nSPS) is 21.9. The van der Waals surface area contributed by atoms with Gasteiger partial charge in [-0.1, -0.05) is 0 Å². The zero-order valence-electron chi connectivity index (χ0n) is 6.56. The maximum atomic E-state index is 11.2. The van der Waals surface area contributed by atoms with Crippen LogP contribution in [0.5, 0.6) is 0 Å². The minimum absolute atomic E-state index is 0.00833. The maximum Gasteiger partial charge on any atom is 0.331 e. The number of nitrogens with zero attached hydrogens (tertiary/aromatic N) is 3. The first-order valence-corrected chi connectivity index (χ1v) is 3.48. The zero-order chi connectivity index (χ0) is 9.84. The van der Waals surface area contributed by atoms with Crippen molar-refractivity contribution < 1.29 is 9.72 Å². The van der Waals surface area contributed by atoms with Gasteiger partial charge in [-0.3, -0.25) is 19.9 Å². The zero-order valence-corrected chi connectivity index (χ0v) is 6.56. The van der Waals surface area contributed by atoms with Crippen LogP contribution in [-0.2, 0) is 4.79 Å². The number of nitrogens with one attached hydrogen (secondary N) is 1. The van der Waals surface area contributed by atoms with Crippen LogP contribution in [0.4, 0.5) is 0 Å². The lowest BCUT2D eigenvalue weighted by atomic mass is 10.1. The molecule has 1 aliphatic heterocycles. The van der Waals surface area contributed by atoms with E-state index < -0.39 is 16.9 Å². The molecule has 1 N–H and O–H groups in total. The molecule has 1 unspecified atom stereocenters. The van der Waals surface area contributed by atoms with Crippen molar-refractivity contribution in [1.29, 1.82) is 5.26 Å². The van der Waals surface area contributed by atoms with Gasteiger partial charge in [-0.2, -0.15) is 5.26 Å². The van der Waals surface area contributed by atoms with E-state index in [-0.39, 0.29) is 18.8 Å². The molecule has 0 saturated heterocycles. The molecule has 0 aromatic carbocycles. The Morgan fingerprint density at radius 3 is 3.08 bits per heavy atom. The van der Waals surface area contributed by atoms with Gasteiger partial charge in [-0.15, -0.1) is 0 Å². The Balaban J connectivity index is 2.81. The summed E-state index contributed by atoms with van der Waals surface area (Å²) in [6, 6.07) is 1.73. The smallest absolute Gasteiger partial charge is 0.283 e. The molecule has 0 aliphatic carbocycles. The van der Waals surface area contributed by atoms with Crippen molar-refractivity contribution in [3.8, 4) is 6.07 Å². The summed E-state index contributed by atoms with van der Waals surface area (Å²) in [6.07, 6.45) is -1.62. The van der Waals surface area contributed by atoms with Crippen LogP contribution >= 0.6 is 0 Å². The largest absolute Gasteiger partial charge is 0.331 e. The van der Waals surface area contributed by atoms with Gasteiger partial charge in [0.25, 0.3) is 5.78 Å². The second-order valence-electron chi connectivity index (χ2n) is 2.35. The standard InChI is InChI=1S/C6H6N4O3/c7-2-1-4-5(11)6(10(12)13)9-3-8-4/h6,9H,1,3H2. The van der Waals surface area contributed by atoms with Gasteiger partial charge < -0.3 is 0 Å². The minimum Gasteiger partial charge on any atom is -0.283 e. The van der Waals surface area contributed by atoms with Crippen LogP contribution in [0.15, 0.2) is 4.99 Å². The molecule has 1 rings (SSSR count). The highest BCUT2D eigenvalue weighted by molar-refractivity contribution is 6.42. The molecule has 1 heterocycles. The molecule has 0 aromatic heterocycles. The summed E-state index contributed by atoms with van der Waals surface area (Å²) in [7, 11) is 0. The summed E-state index contributed by atoms with van der Waals surface area (Å²) in [5.41, 5.74) is -0.0250. The van der Waals surface area contributed by atoms with E-state index in [1.807, 2.05) is 0 Å². The van der Waals surface area contributed by atoms with Crippen LogP contribution in [-0.4, -0.2) is 29.3 Å². The van der Waals surface area contributed by atoms with Crippen LogP contribution in [0.25, 0.3) is 0 Å². The number of carbonyl (C=O) groups is 1. The summed E-state index contributed by atoms with van der Waals surface area (Å²) in [5.74, 6) is -0.724. The highest BCUT2D eigenvalue weighted by Gasteiger charge is 2.35. The second-order valence-corrected chi connectivity index (χ2v) is 2.35. The lowest BCUT2D eigenvalue weighted by Crippen LogP contribution is -2.49. The van der Waals surface area contributed by atoms with Crippen LogP contribution in [0.3, 0.4) is 0 Å². The molecule has 13 heavy (non-hydrogen) atoms. The van der Waals surface area contributed by atoms with E-state index >= 15 is 0 Å². The third-order valence-electron chi connectivity index (χ3n) is 1.54. The average Bonchev–Trinajstić information content (AvgIpc) is 2.08. The summed E-state index contributed by atoms with van der Waals surface area (Å²) < 4.78 is 0. The van der Waals surface area contributed by atoms with E-state index in [0.717, 1.165) is 0 Å². The van der Waals surface area contributed by atoms with Crippen molar-refractivity contribution >= 4 is 11.5 Å². The van der Waals surface area contributed by atoms with Gasteiger partial charge >= 0.3 is 6.17 Å². The van der Waals surface area contributed by atoms with Gasteiger partial charge in [0.2, 0.25) is 0 Å². The van der Waals surface area contributed by atoms with E-state index in [1.54, 1.807) is 6.07 Å². The van der Waals surface area contributed by atoms with Crippen LogP contribution in [0.1, 0.15) is 6.42 Å². The highest BCUT2D eigenvalue weighted by atomic mass is 16.6. The first kappa shape index (κ1) is 9.28. The number of Topliss-reactive ketones (excluding diaryl/α,β-unsaturated/α-hetero) is 1. The quantitative estimate of drug-likeness (QED) is 0.438. The topological polar surface area (TPSA) is 108 Å². The van der Waals surface area contributed by atoms with Gasteiger partial charge in [0, 0.05) is 4.92 Å². The van der Waals surface area contributed by atoms with Gasteiger partial charge in [-0.25, -0.2) is 5.32 Å². The van der Waals surface area contributed by atoms with E-state index in [0.29, 0.717) is 0 Å². The molecule has 68 valence electrons. The lowest BCUT2D eigenvalue weighted by Gasteiger charge is -2.13. The fourth-order valence-electron chi connectivity index (χ4n) is 0.944. The lowest BCUT2D eigenvalue weighted by molar-refractivity contribution is -0.513. The number of rotatable bonds is 2. The second kappa shape index (κ2) is 3.73. The molecule has 7 nitrogen and oxygen atoms in total. The number of hydrogen-bond acceptors (Lipinski definition) is 6. The predicted octanol–water partition coefficient (Wildman–Crippen LogP) is -0.926. The number of nitro groups is 1. The molecule has 0 spiro atoms. The monoisotopic (exact) mass is 182 g/mol. The van der Waals surface area contributed by atoms with Gasteiger partial charge in [0.1, 0.15) is 5.71 Å². The molecule has 1 aliphatic rings. The predicted molar refractivity (Wildman–Crippen MR) is 41.5 cm³/mol. The number of aliphatic imine (C=N–C) groups is 1. The molecule has 7 heteroatoms. The molecular weight excluding hydrogens is 176 g/mol. The Morgan fingerprint density at radius 1 is 1.85 bits per heavy atom. The van der Waals surface area contributed by atoms with Crippen molar-refractivity contribution in [2.45, 2.75) is 12.6 Å². The van der Waals surface area contributed by atoms with Crippen LogP contribution < -0.4 is 5.32 Å². The van der Waals surface area contributed by atoms with Crippen molar-refractivity contribution in [3.05, 3.63) is 10.1 Å². The third kappa shape index (κ3) is 1.86. The van der Waals surface area contributed by atoms with Crippen LogP contribution in [0, 0.1) is 21.4 Å². The number of nitriles is 1. The molecule has 0 saturated carbocycles. The van der Waals surface area contributed by atoms with Gasteiger partial charge in [-0.05, 0) is 0 Å². The number of hydrogen-bond donors (Lipinski definition) is 1. The molecule has 0 bridgehead atoms. The van der Waals surface area contributed by atoms with E-state index in [2.05, 4.69) is 10.3 Å². The molecule has 0 radical (unpaired) electrons. The minimum atomic E-state index is -1.44. The fourth-order valence-corrected chi connectivity index (χ4v) is 0.944. The molecular formula is C6H6N4O3. The van der Waals surface area contributed by atoms with Crippen molar-refractivity contribution in [2.24, 2.45) is 4.99 Å². The van der Waals surface area contributed by atoms with Crippen molar-refractivity contribution in [1.82, 2.24) is 5.32 Å². The van der Waals surface area contributed by atoms with Gasteiger partial charge in [0.15, 0.2) is 0 Å². The number of carbonyl (C=O) groups excluding carboxylic acids is 1. The summed E-state index contributed by atoms with van der Waals surface area (Å²) in [4.78, 5) is 24.4. The summed E-state index contributed by atoms with van der Waals surface area (Å²) in [5, 5.41) is 20.9. The van der Waals surface area contributed by atoms with E-state index in [1.165, 1.54) is 0 Å². The maximum absolute atomic E-state index is 11.2. The van der Waals surface area contributed by atoms with E-state index in [9.17, 15) is 14.9 Å². The van der Waals surface area contributed by atoms with Crippen LogP contribution in [0.2, 0.25) is 0 Å². The third-order valence-corrected chi connectivity index (χ3v) is 1.54. The summed E-state index contributed by atoms with van der Waals surface area (Å²) >= 11 is 0. The van der Waals surface area contributed by atoms with Crippen molar-refractivity contribution in [2.75, 3.05) is 6.67 Å². The van der Waals surface area contributed by atoms with E-state index in [4.69, 9.17) is 5.26 Å². The Hall–Kier alpha value is -1.81. The first-order valence-electron chi connectivity index (χ1n) is 3.48. The average molecular weight is 182 g/mol. The Kier molecular flexibility index (Phi) is 2.66. The SMILES string of the molecule is N#CCC1=NCNC([N+](=O)[O-])C1=O. The molecule has 0 fully saturated rings. The first-order chi connectivity index (χ1) is 6.16. The fraction of sp³-hybridized carbons (Fsp3) is 0.500. The Morgan fingerprint density at radius 2 is 2.54 bits per heavy atom. The Labute approximate surface area is 73.2 Å². The molecule has 0 aromatic rings. The summed E-state index contributed by atoms with van der Waals surface area (Å²) in [6.45, 7) is 0.00833. The Bertz CT molecular complexity index is 316. The molecule has 0 amide bonds. The number of ketones is 1. The highest BCUT2D eigenvalue weighted by Crippen LogP contribution is 2.00. The molecule has 1 atom stereocenters. The van der Waals surface area contributed by atoms with Crippen molar-refractivity contribution in [3.63, 3.8) is 0 Å². The van der Waals surface area contributed by atoms with Gasteiger partial charge in [0.05, 0.1) is 19.2 Å².